The number of rotatable bonds is 7. The van der Waals surface area contributed by atoms with Crippen LogP contribution in [0, 0.1) is 6.92 Å². The zero-order chi connectivity index (χ0) is 26.1. The van der Waals surface area contributed by atoms with E-state index < -0.39 is 30.6 Å². The van der Waals surface area contributed by atoms with Crippen molar-refractivity contribution in [2.45, 2.75) is 16.7 Å². The molecule has 0 bridgehead atoms. The summed E-state index contributed by atoms with van der Waals surface area (Å²) in [6, 6.07) is 16.7. The SMILES string of the molecule is Cc1[nH]n(-c2ccccc2Cl)c(=O)c1N=Nc1cccc(S(=O)(=O)Nc2cccc(S(=O)(=O)[O-])c2)c1.[Na+]. The van der Waals surface area contributed by atoms with E-state index in [2.05, 4.69) is 20.0 Å². The van der Waals surface area contributed by atoms with Gasteiger partial charge < -0.3 is 4.55 Å². The van der Waals surface area contributed by atoms with Crippen LogP contribution < -0.4 is 39.8 Å². The van der Waals surface area contributed by atoms with Crippen molar-refractivity contribution in [3.63, 3.8) is 0 Å². The number of nitrogens with zero attached hydrogens (tertiary/aromatic N) is 3. The van der Waals surface area contributed by atoms with E-state index in [1.54, 1.807) is 31.2 Å². The van der Waals surface area contributed by atoms with Gasteiger partial charge in [0.2, 0.25) is 0 Å². The first-order chi connectivity index (χ1) is 17.0. The smallest absolute Gasteiger partial charge is 0.744 e. The average Bonchev–Trinajstić information content (AvgIpc) is 3.10. The van der Waals surface area contributed by atoms with Crippen molar-refractivity contribution in [2.75, 3.05) is 4.72 Å². The first-order valence-corrected chi connectivity index (χ1v) is 13.4. The van der Waals surface area contributed by atoms with Crippen LogP contribution in [0.3, 0.4) is 0 Å². The molecule has 4 aromatic rings. The van der Waals surface area contributed by atoms with Gasteiger partial charge in [0.15, 0.2) is 5.69 Å². The van der Waals surface area contributed by atoms with Gasteiger partial charge in [-0.15, -0.1) is 5.11 Å². The fourth-order valence-corrected chi connectivity index (χ4v) is 5.03. The van der Waals surface area contributed by atoms with Crippen molar-refractivity contribution >= 4 is 48.8 Å². The summed E-state index contributed by atoms with van der Waals surface area (Å²) >= 11 is 6.17. The predicted octanol–water partition coefficient (Wildman–Crippen LogP) is 1.25. The molecule has 0 spiro atoms. The Morgan fingerprint density at radius 2 is 1.59 bits per heavy atom. The monoisotopic (exact) mass is 569 g/mol. The molecule has 0 saturated carbocycles. The van der Waals surface area contributed by atoms with Crippen molar-refractivity contribution in [3.8, 4) is 5.69 Å². The molecule has 1 heterocycles. The molecule has 0 fully saturated rings. The maximum atomic E-state index is 12.8. The topological polar surface area (TPSA) is 166 Å². The van der Waals surface area contributed by atoms with Gasteiger partial charge in [0.1, 0.15) is 10.1 Å². The maximum Gasteiger partial charge on any atom is 1.00 e. The molecule has 15 heteroatoms. The number of aryl methyl sites for hydroxylation is 1. The molecule has 0 saturated heterocycles. The average molecular weight is 570 g/mol. The molecule has 0 amide bonds. The summed E-state index contributed by atoms with van der Waals surface area (Å²) in [7, 11) is -8.93. The molecule has 0 aliphatic rings. The van der Waals surface area contributed by atoms with Crippen molar-refractivity contribution in [1.29, 1.82) is 0 Å². The molecule has 0 aliphatic heterocycles. The van der Waals surface area contributed by atoms with E-state index in [0.717, 1.165) is 12.1 Å². The second-order valence-electron chi connectivity index (χ2n) is 7.46. The van der Waals surface area contributed by atoms with Crippen molar-refractivity contribution in [3.05, 3.63) is 93.9 Å². The number of azo groups is 1. The number of halogens is 1. The molecule has 2 N–H and O–H groups in total. The standard InChI is InChI=1S/C22H18ClN5O6S2.Na/c1-14-21(22(29)28(26-14)20-11-3-2-10-19(20)23)25-24-15-6-4-8-17(12-15)35(30,31)27-16-7-5-9-18(13-16)36(32,33)34;/h2-13,26-27H,1H3,(H,32,33,34);/q;+1/p-1. The Morgan fingerprint density at radius 1 is 0.919 bits per heavy atom. The zero-order valence-electron chi connectivity index (χ0n) is 19.4. The number of H-pyrrole nitrogens is 1. The van der Waals surface area contributed by atoms with Crippen LogP contribution in [0.5, 0.6) is 0 Å². The van der Waals surface area contributed by atoms with Crippen molar-refractivity contribution in [2.24, 2.45) is 10.2 Å². The van der Waals surface area contributed by atoms with Gasteiger partial charge in [0, 0.05) is 0 Å². The quantitative estimate of drug-likeness (QED) is 0.193. The van der Waals surface area contributed by atoms with E-state index in [4.69, 9.17) is 11.6 Å². The number of hydrogen-bond donors (Lipinski definition) is 2. The molecule has 186 valence electrons. The Morgan fingerprint density at radius 3 is 2.30 bits per heavy atom. The third-order valence-electron chi connectivity index (χ3n) is 4.90. The van der Waals surface area contributed by atoms with Gasteiger partial charge in [-0.05, 0) is 55.5 Å². The van der Waals surface area contributed by atoms with Crippen molar-refractivity contribution < 1.29 is 50.9 Å². The number of aromatic nitrogens is 2. The predicted molar refractivity (Wildman–Crippen MR) is 132 cm³/mol. The molecular weight excluding hydrogens is 553 g/mol. The van der Waals surface area contributed by atoms with Crippen LogP contribution in [-0.4, -0.2) is 31.2 Å². The fraction of sp³-hybridized carbons (Fsp3) is 0.0455. The minimum Gasteiger partial charge on any atom is -0.744 e. The van der Waals surface area contributed by atoms with E-state index in [1.165, 1.54) is 41.1 Å². The number of sulfonamides is 1. The van der Waals surface area contributed by atoms with E-state index in [1.807, 2.05) is 0 Å². The third-order valence-corrected chi connectivity index (χ3v) is 7.43. The summed E-state index contributed by atoms with van der Waals surface area (Å²) in [5.74, 6) is 0. The largest absolute Gasteiger partial charge is 1.00 e. The van der Waals surface area contributed by atoms with E-state index in [-0.39, 0.29) is 51.5 Å². The molecule has 0 aliphatic carbocycles. The van der Waals surface area contributed by atoms with Crippen LogP contribution in [0.2, 0.25) is 5.02 Å². The first-order valence-electron chi connectivity index (χ1n) is 10.1. The van der Waals surface area contributed by atoms with Gasteiger partial charge in [0.05, 0.1) is 37.6 Å². The minimum atomic E-state index is -4.76. The van der Waals surface area contributed by atoms with Crippen LogP contribution in [0.1, 0.15) is 5.69 Å². The Kier molecular flexibility index (Phi) is 8.80. The summed E-state index contributed by atoms with van der Waals surface area (Å²) in [6.07, 6.45) is 0. The molecule has 4 rings (SSSR count). The third kappa shape index (κ3) is 6.57. The second-order valence-corrected chi connectivity index (χ2v) is 10.9. The van der Waals surface area contributed by atoms with Gasteiger partial charge in [-0.1, -0.05) is 35.9 Å². The molecule has 37 heavy (non-hydrogen) atoms. The Hall–Kier alpha value is -2.78. The summed E-state index contributed by atoms with van der Waals surface area (Å²) < 4.78 is 62.7. The fourth-order valence-electron chi connectivity index (χ4n) is 3.21. The Labute approximate surface area is 239 Å². The van der Waals surface area contributed by atoms with Gasteiger partial charge >= 0.3 is 29.6 Å². The first kappa shape index (κ1) is 28.8. The number of para-hydroxylation sites is 1. The van der Waals surface area contributed by atoms with Gasteiger partial charge in [-0.2, -0.15) is 5.11 Å². The normalized spacial score (nSPS) is 11.9. The minimum absolute atomic E-state index is 0. The number of aromatic amines is 1. The summed E-state index contributed by atoms with van der Waals surface area (Å²) in [5, 5.41) is 11.2. The Bertz CT molecular complexity index is 1770. The molecule has 11 nitrogen and oxygen atoms in total. The molecule has 0 atom stereocenters. The van der Waals surface area contributed by atoms with Gasteiger partial charge in [-0.25, -0.2) is 21.5 Å². The van der Waals surface area contributed by atoms with Crippen LogP contribution in [0.15, 0.2) is 97.6 Å². The summed E-state index contributed by atoms with van der Waals surface area (Å²) in [5.41, 5.74) is 0.393. The van der Waals surface area contributed by atoms with Crippen LogP contribution in [0.25, 0.3) is 5.69 Å². The summed E-state index contributed by atoms with van der Waals surface area (Å²) in [6.45, 7) is 1.63. The molecule has 3 aromatic carbocycles. The van der Waals surface area contributed by atoms with Crippen LogP contribution >= 0.6 is 11.6 Å². The number of nitrogens with one attached hydrogen (secondary N) is 2. The number of hydrogen-bond acceptors (Lipinski definition) is 8. The molecular formula is C22H17ClN5NaO6S2. The Balaban J connectivity index is 0.00000380. The van der Waals surface area contributed by atoms with Crippen LogP contribution in [-0.2, 0) is 20.1 Å². The van der Waals surface area contributed by atoms with Crippen molar-refractivity contribution in [1.82, 2.24) is 9.78 Å². The van der Waals surface area contributed by atoms with E-state index >= 15 is 0 Å². The second kappa shape index (κ2) is 11.3. The van der Waals surface area contributed by atoms with E-state index in [9.17, 15) is 26.2 Å². The molecule has 0 radical (unpaired) electrons. The molecule has 1 aromatic heterocycles. The van der Waals surface area contributed by atoms with Gasteiger partial charge in [0.25, 0.3) is 15.6 Å². The van der Waals surface area contributed by atoms with Gasteiger partial charge in [-0.3, -0.25) is 14.6 Å². The summed E-state index contributed by atoms with van der Waals surface area (Å²) in [4.78, 5) is 12.1. The van der Waals surface area contributed by atoms with Crippen LogP contribution in [0.4, 0.5) is 17.1 Å². The molecule has 0 unspecified atom stereocenters. The number of anilines is 1. The number of benzene rings is 3. The maximum absolute atomic E-state index is 12.8. The zero-order valence-corrected chi connectivity index (χ0v) is 23.8. The van der Waals surface area contributed by atoms with E-state index in [0.29, 0.717) is 16.4 Å².